The summed E-state index contributed by atoms with van der Waals surface area (Å²) < 4.78 is 11.1. The van der Waals surface area contributed by atoms with Crippen LogP contribution < -0.4 is 9.47 Å². The molecule has 6 heteroatoms. The molecule has 2 aliphatic heterocycles. The van der Waals surface area contributed by atoms with Crippen molar-refractivity contribution in [2.75, 3.05) is 20.0 Å². The Morgan fingerprint density at radius 2 is 1.96 bits per heavy atom. The van der Waals surface area contributed by atoms with Gasteiger partial charge in [0.25, 0.3) is 0 Å². The second-order valence-electron chi connectivity index (χ2n) is 6.90. The second kappa shape index (κ2) is 7.43. The molecule has 2 aliphatic rings. The Balaban J connectivity index is 1.84. The fraction of sp³-hybridized carbons (Fsp3) is 0.429. The Kier molecular flexibility index (Phi) is 5.00. The lowest BCUT2D eigenvalue weighted by Gasteiger charge is -2.33. The molecule has 0 bridgehead atoms. The molecule has 27 heavy (non-hydrogen) atoms. The highest BCUT2D eigenvalue weighted by Crippen LogP contribution is 2.50. The number of methoxy groups -OCH3 is 2. The molecule has 0 radical (unpaired) electrons. The molecule has 3 heterocycles. The van der Waals surface area contributed by atoms with Crippen molar-refractivity contribution in [1.29, 1.82) is 0 Å². The van der Waals surface area contributed by atoms with Gasteiger partial charge < -0.3 is 14.4 Å². The molecule has 0 amide bonds. The van der Waals surface area contributed by atoms with Crippen molar-refractivity contribution < 1.29 is 9.47 Å². The summed E-state index contributed by atoms with van der Waals surface area (Å²) in [6.45, 7) is 4.38. The Morgan fingerprint density at radius 3 is 2.63 bits per heavy atom. The van der Waals surface area contributed by atoms with Gasteiger partial charge in [-0.15, -0.1) is 0 Å². The van der Waals surface area contributed by atoms with E-state index in [2.05, 4.69) is 41.9 Å². The van der Waals surface area contributed by atoms with Gasteiger partial charge in [0, 0.05) is 18.0 Å². The molecule has 3 atom stereocenters. The summed E-state index contributed by atoms with van der Waals surface area (Å²) in [5.41, 5.74) is 3.42. The van der Waals surface area contributed by atoms with E-state index in [1.54, 1.807) is 14.2 Å². The Labute approximate surface area is 164 Å². The van der Waals surface area contributed by atoms with Crippen molar-refractivity contribution in [2.45, 2.75) is 38.4 Å². The number of aromatic nitrogens is 1. The van der Waals surface area contributed by atoms with Gasteiger partial charge in [-0.3, -0.25) is 9.98 Å². The van der Waals surface area contributed by atoms with Crippen molar-refractivity contribution in [1.82, 2.24) is 9.88 Å². The van der Waals surface area contributed by atoms with Gasteiger partial charge in [-0.2, -0.15) is 0 Å². The highest BCUT2D eigenvalue weighted by molar-refractivity contribution is 8.14. The molecule has 2 aromatic rings. The average molecular weight is 384 g/mol. The first-order valence-corrected chi connectivity index (χ1v) is 10.3. The molecule has 0 unspecified atom stereocenters. The van der Waals surface area contributed by atoms with Crippen LogP contribution in [0.2, 0.25) is 0 Å². The summed E-state index contributed by atoms with van der Waals surface area (Å²) in [4.78, 5) is 12.2. The zero-order chi connectivity index (χ0) is 19.0. The number of fused-ring (bicyclic) bond motifs is 1. The van der Waals surface area contributed by atoms with Gasteiger partial charge in [0.2, 0.25) is 0 Å². The molecule has 142 valence electrons. The number of pyridine rings is 1. The highest BCUT2D eigenvalue weighted by atomic mass is 32.2. The van der Waals surface area contributed by atoms with E-state index in [-0.39, 0.29) is 12.1 Å². The van der Waals surface area contributed by atoms with Crippen LogP contribution in [0, 0.1) is 6.92 Å². The number of thioether (sulfide) groups is 1. The topological polar surface area (TPSA) is 47.0 Å². The number of rotatable bonds is 5. The summed E-state index contributed by atoms with van der Waals surface area (Å²) >= 11 is 1.86. The first-order valence-electron chi connectivity index (χ1n) is 9.30. The molecule has 1 aromatic heterocycles. The maximum absolute atomic E-state index is 5.60. The average Bonchev–Trinajstić information content (AvgIpc) is 3.27. The normalized spacial score (nSPS) is 23.9. The van der Waals surface area contributed by atoms with Gasteiger partial charge in [0.1, 0.15) is 6.04 Å². The van der Waals surface area contributed by atoms with Crippen LogP contribution >= 0.6 is 11.8 Å². The number of nitrogens with zero attached hydrogens (tertiary/aromatic N) is 3. The number of hydrogen-bond donors (Lipinski definition) is 0. The van der Waals surface area contributed by atoms with Gasteiger partial charge in [0.15, 0.2) is 16.7 Å². The number of hydrogen-bond acceptors (Lipinski definition) is 6. The fourth-order valence-electron chi connectivity index (χ4n) is 4.00. The number of aliphatic imine (C=N–C) groups is 1. The van der Waals surface area contributed by atoms with E-state index >= 15 is 0 Å². The Hall–Kier alpha value is -2.21. The summed E-state index contributed by atoms with van der Waals surface area (Å²) in [5, 5.41) is 1.14. The number of benzene rings is 1. The fourth-order valence-corrected chi connectivity index (χ4v) is 5.34. The standard InChI is InChI=1S/C21H25N3O2S/c1-5-14-12-27-21-23-19(16-8-6-7-9-22-16)20(24(14)21)15-11-18(26-4)17(25-3)10-13(15)2/h6-11,14,19-20H,5,12H2,1-4H3/t14-,19+,20-/m1/s1. The molecule has 0 aliphatic carbocycles. The van der Waals surface area contributed by atoms with Crippen LogP contribution in [0.25, 0.3) is 0 Å². The van der Waals surface area contributed by atoms with E-state index in [1.807, 2.05) is 30.1 Å². The molecular formula is C21H25N3O2S. The minimum absolute atomic E-state index is 0.0140. The maximum Gasteiger partial charge on any atom is 0.161 e. The Morgan fingerprint density at radius 1 is 1.19 bits per heavy atom. The van der Waals surface area contributed by atoms with Crippen LogP contribution in [0.15, 0.2) is 41.5 Å². The third-order valence-corrected chi connectivity index (χ3v) is 6.55. The Bertz CT molecular complexity index is 856. The predicted molar refractivity (Wildman–Crippen MR) is 110 cm³/mol. The number of ether oxygens (including phenoxy) is 2. The van der Waals surface area contributed by atoms with Crippen LogP contribution in [0.3, 0.4) is 0 Å². The van der Waals surface area contributed by atoms with E-state index in [0.29, 0.717) is 6.04 Å². The third-order valence-electron chi connectivity index (χ3n) is 5.42. The van der Waals surface area contributed by atoms with Crippen LogP contribution in [-0.4, -0.2) is 41.1 Å². The summed E-state index contributed by atoms with van der Waals surface area (Å²) in [6.07, 6.45) is 2.95. The van der Waals surface area contributed by atoms with Crippen LogP contribution in [0.4, 0.5) is 0 Å². The number of aryl methyl sites for hydroxylation is 1. The molecule has 0 saturated carbocycles. The lowest BCUT2D eigenvalue weighted by atomic mass is 9.91. The molecule has 0 spiro atoms. The molecule has 0 N–H and O–H groups in total. The minimum Gasteiger partial charge on any atom is -0.493 e. The maximum atomic E-state index is 5.60. The molecule has 1 fully saturated rings. The summed E-state index contributed by atoms with van der Waals surface area (Å²) in [6, 6.07) is 10.8. The zero-order valence-electron chi connectivity index (χ0n) is 16.2. The van der Waals surface area contributed by atoms with Crippen molar-refractivity contribution in [3.8, 4) is 11.5 Å². The quantitative estimate of drug-likeness (QED) is 0.766. The first kappa shape index (κ1) is 18.2. The highest BCUT2D eigenvalue weighted by Gasteiger charge is 2.46. The van der Waals surface area contributed by atoms with Gasteiger partial charge >= 0.3 is 0 Å². The first-order chi connectivity index (χ1) is 13.2. The van der Waals surface area contributed by atoms with Crippen LogP contribution in [-0.2, 0) is 0 Å². The SMILES string of the molecule is CC[C@@H]1CSC2=N[C@@H](c3ccccn3)[C@@H](c3cc(OC)c(OC)cc3C)N21. The summed E-state index contributed by atoms with van der Waals surface area (Å²) in [7, 11) is 3.36. The molecular weight excluding hydrogens is 358 g/mol. The predicted octanol–water partition coefficient (Wildman–Crippen LogP) is 4.39. The van der Waals surface area contributed by atoms with Crippen molar-refractivity contribution in [3.63, 3.8) is 0 Å². The minimum atomic E-state index is -0.0140. The van der Waals surface area contributed by atoms with Crippen molar-refractivity contribution in [2.24, 2.45) is 4.99 Å². The lowest BCUT2D eigenvalue weighted by molar-refractivity contribution is 0.253. The molecule has 4 rings (SSSR count). The van der Waals surface area contributed by atoms with Gasteiger partial charge in [-0.05, 0) is 48.7 Å². The molecule has 1 saturated heterocycles. The van der Waals surface area contributed by atoms with E-state index in [0.717, 1.165) is 34.5 Å². The van der Waals surface area contributed by atoms with E-state index in [1.165, 1.54) is 11.1 Å². The number of amidine groups is 1. The third kappa shape index (κ3) is 3.06. The van der Waals surface area contributed by atoms with Crippen LogP contribution in [0.5, 0.6) is 11.5 Å². The lowest BCUT2D eigenvalue weighted by Crippen LogP contribution is -2.35. The van der Waals surface area contributed by atoms with Crippen LogP contribution in [0.1, 0.15) is 42.2 Å². The zero-order valence-corrected chi connectivity index (χ0v) is 17.0. The van der Waals surface area contributed by atoms with Gasteiger partial charge in [-0.1, -0.05) is 24.8 Å². The smallest absolute Gasteiger partial charge is 0.161 e. The molecule has 5 nitrogen and oxygen atoms in total. The van der Waals surface area contributed by atoms with E-state index in [4.69, 9.17) is 14.5 Å². The summed E-state index contributed by atoms with van der Waals surface area (Å²) in [5.74, 6) is 2.61. The van der Waals surface area contributed by atoms with Gasteiger partial charge in [0.05, 0.1) is 26.0 Å². The van der Waals surface area contributed by atoms with Crippen molar-refractivity contribution >= 4 is 16.9 Å². The van der Waals surface area contributed by atoms with Crippen molar-refractivity contribution in [3.05, 3.63) is 53.3 Å². The van der Waals surface area contributed by atoms with E-state index in [9.17, 15) is 0 Å². The largest absolute Gasteiger partial charge is 0.493 e. The second-order valence-corrected chi connectivity index (χ2v) is 7.89. The van der Waals surface area contributed by atoms with Gasteiger partial charge in [-0.25, -0.2) is 0 Å². The monoisotopic (exact) mass is 383 g/mol. The molecule has 1 aromatic carbocycles. The van der Waals surface area contributed by atoms with E-state index < -0.39 is 0 Å².